The number of carbonyl (C=O) groups excluding carboxylic acids is 3. The number of ketones is 1. The number of halogens is 3. The van der Waals surface area contributed by atoms with Gasteiger partial charge in [-0.1, -0.05) is 24.3 Å². The SMILES string of the molecule is COC(=O)C1=C(N)N(c2cccc(C(F)(F)F)c2)C2=C(C(=O)[C@H](C(=O)OC)[C@H](c3ccc(OC)cc3)C2)[C@H]1c1cccnc1. The second-order valence-corrected chi connectivity index (χ2v) is 10.2. The summed E-state index contributed by atoms with van der Waals surface area (Å²) in [4.78, 5) is 46.6. The van der Waals surface area contributed by atoms with E-state index in [4.69, 9.17) is 19.9 Å². The van der Waals surface area contributed by atoms with Crippen LogP contribution in [0, 0.1) is 5.92 Å². The zero-order chi connectivity index (χ0) is 31.8. The quantitative estimate of drug-likeness (QED) is 0.310. The first-order valence-corrected chi connectivity index (χ1v) is 13.5. The van der Waals surface area contributed by atoms with E-state index in [2.05, 4.69) is 4.98 Å². The maximum atomic E-state index is 14.6. The van der Waals surface area contributed by atoms with Crippen LogP contribution in [0.1, 0.15) is 34.9 Å². The van der Waals surface area contributed by atoms with Crippen molar-refractivity contribution in [1.82, 2.24) is 4.98 Å². The normalized spacial score (nSPS) is 20.3. The van der Waals surface area contributed by atoms with Gasteiger partial charge >= 0.3 is 18.1 Å². The molecule has 44 heavy (non-hydrogen) atoms. The van der Waals surface area contributed by atoms with Gasteiger partial charge < -0.3 is 19.9 Å². The second kappa shape index (κ2) is 11.9. The van der Waals surface area contributed by atoms with Gasteiger partial charge in [-0.15, -0.1) is 0 Å². The number of ether oxygens (including phenoxy) is 3. The molecule has 5 rings (SSSR count). The number of methoxy groups -OCH3 is 3. The predicted octanol–water partition coefficient (Wildman–Crippen LogP) is 4.86. The molecule has 2 heterocycles. The number of allylic oxidation sites excluding steroid dienone is 2. The molecule has 1 aromatic heterocycles. The van der Waals surface area contributed by atoms with Crippen LogP contribution in [0.2, 0.25) is 0 Å². The molecule has 0 saturated heterocycles. The first kappa shape index (κ1) is 30.3. The van der Waals surface area contributed by atoms with Crippen molar-refractivity contribution in [3.63, 3.8) is 0 Å². The Bertz CT molecular complexity index is 1670. The molecule has 0 amide bonds. The van der Waals surface area contributed by atoms with Crippen LogP contribution in [-0.4, -0.2) is 44.0 Å². The summed E-state index contributed by atoms with van der Waals surface area (Å²) in [6, 6.07) is 14.4. The number of aromatic nitrogens is 1. The molecular weight excluding hydrogens is 579 g/mol. The third-order valence-electron chi connectivity index (χ3n) is 7.89. The highest BCUT2D eigenvalue weighted by molar-refractivity contribution is 6.14. The molecule has 1 aliphatic heterocycles. The maximum absolute atomic E-state index is 14.6. The van der Waals surface area contributed by atoms with Crippen LogP contribution in [-0.2, 0) is 30.0 Å². The molecule has 3 atom stereocenters. The Hall–Kier alpha value is -5.13. The van der Waals surface area contributed by atoms with Gasteiger partial charge in [0.15, 0.2) is 5.78 Å². The molecule has 0 spiro atoms. The fourth-order valence-electron chi connectivity index (χ4n) is 5.90. The average molecular weight is 608 g/mol. The molecule has 2 N–H and O–H groups in total. The molecule has 0 fully saturated rings. The lowest BCUT2D eigenvalue weighted by atomic mass is 9.67. The number of pyridine rings is 1. The highest BCUT2D eigenvalue weighted by atomic mass is 19.4. The van der Waals surface area contributed by atoms with Crippen LogP contribution in [0.15, 0.2) is 95.7 Å². The monoisotopic (exact) mass is 607 g/mol. The van der Waals surface area contributed by atoms with E-state index in [0.29, 0.717) is 16.9 Å². The Labute approximate surface area is 250 Å². The van der Waals surface area contributed by atoms with E-state index in [1.54, 1.807) is 36.4 Å². The van der Waals surface area contributed by atoms with E-state index in [1.807, 2.05) is 0 Å². The molecule has 2 aromatic carbocycles. The Morgan fingerprint density at radius 3 is 2.30 bits per heavy atom. The van der Waals surface area contributed by atoms with Crippen molar-refractivity contribution in [3.8, 4) is 5.75 Å². The zero-order valence-electron chi connectivity index (χ0n) is 23.9. The standard InChI is InChI=1S/C32H28F3N3O6/c1-42-21-11-9-17(10-12-21)22-15-23-26(28(39)25(22)30(40)43-2)24(18-6-5-13-37-16-18)27(31(41)44-3)29(36)38(23)20-8-4-7-19(14-20)32(33,34)35/h4-14,16,22,24-25H,15,36H2,1-3H3/t22-,24+,25+/m0/s1. The van der Waals surface area contributed by atoms with E-state index in [-0.39, 0.29) is 34.8 Å². The van der Waals surface area contributed by atoms with Crippen molar-refractivity contribution >= 4 is 23.4 Å². The van der Waals surface area contributed by atoms with E-state index in [0.717, 1.165) is 26.4 Å². The smallest absolute Gasteiger partial charge is 0.416 e. The summed E-state index contributed by atoms with van der Waals surface area (Å²) < 4.78 is 56.9. The Kier molecular flexibility index (Phi) is 8.18. The van der Waals surface area contributed by atoms with Gasteiger partial charge in [0.25, 0.3) is 0 Å². The number of hydrogen-bond acceptors (Lipinski definition) is 9. The summed E-state index contributed by atoms with van der Waals surface area (Å²) >= 11 is 0. The Morgan fingerprint density at radius 2 is 1.70 bits per heavy atom. The molecule has 2 aliphatic rings. The lowest BCUT2D eigenvalue weighted by Gasteiger charge is -2.44. The first-order valence-electron chi connectivity index (χ1n) is 13.5. The Balaban J connectivity index is 1.82. The largest absolute Gasteiger partial charge is 0.497 e. The van der Waals surface area contributed by atoms with E-state index < -0.39 is 47.2 Å². The van der Waals surface area contributed by atoms with Crippen molar-refractivity contribution < 1.29 is 41.8 Å². The van der Waals surface area contributed by atoms with Gasteiger partial charge in [-0.3, -0.25) is 19.5 Å². The van der Waals surface area contributed by atoms with Gasteiger partial charge in [0, 0.05) is 35.3 Å². The van der Waals surface area contributed by atoms with Crippen molar-refractivity contribution in [2.45, 2.75) is 24.4 Å². The molecule has 3 aromatic rings. The molecule has 1 aliphatic carbocycles. The Morgan fingerprint density at radius 1 is 0.977 bits per heavy atom. The zero-order valence-corrected chi connectivity index (χ0v) is 23.9. The topological polar surface area (TPSA) is 121 Å². The minimum Gasteiger partial charge on any atom is -0.497 e. The van der Waals surface area contributed by atoms with Crippen LogP contribution >= 0.6 is 0 Å². The third kappa shape index (κ3) is 5.27. The summed E-state index contributed by atoms with van der Waals surface area (Å²) in [6.07, 6.45) is -1.76. The fourth-order valence-corrected chi connectivity index (χ4v) is 5.90. The highest BCUT2D eigenvalue weighted by Crippen LogP contribution is 2.51. The number of hydrogen-bond donors (Lipinski definition) is 1. The number of alkyl halides is 3. The van der Waals surface area contributed by atoms with Gasteiger partial charge in [0.2, 0.25) is 0 Å². The molecule has 12 heteroatoms. The van der Waals surface area contributed by atoms with Crippen molar-refractivity contribution in [2.75, 3.05) is 26.2 Å². The number of Topliss-reactive ketones (excluding diaryl/α,β-unsaturated/α-hetero) is 1. The minimum atomic E-state index is -4.69. The number of carbonyl (C=O) groups is 3. The van der Waals surface area contributed by atoms with E-state index in [1.165, 1.54) is 36.5 Å². The van der Waals surface area contributed by atoms with Crippen LogP contribution in [0.25, 0.3) is 0 Å². The molecule has 0 saturated carbocycles. The molecule has 228 valence electrons. The molecule has 0 radical (unpaired) electrons. The number of rotatable bonds is 6. The summed E-state index contributed by atoms with van der Waals surface area (Å²) in [5, 5.41) is 0. The lowest BCUT2D eigenvalue weighted by molar-refractivity contribution is -0.150. The van der Waals surface area contributed by atoms with Crippen LogP contribution in [0.3, 0.4) is 0 Å². The number of anilines is 1. The van der Waals surface area contributed by atoms with Gasteiger partial charge in [-0.25, -0.2) is 4.79 Å². The van der Waals surface area contributed by atoms with E-state index in [9.17, 15) is 27.6 Å². The number of nitrogens with zero attached hydrogens (tertiary/aromatic N) is 2. The summed E-state index contributed by atoms with van der Waals surface area (Å²) in [6.45, 7) is 0. The van der Waals surface area contributed by atoms with E-state index >= 15 is 0 Å². The van der Waals surface area contributed by atoms with Crippen molar-refractivity contribution in [2.24, 2.45) is 11.7 Å². The second-order valence-electron chi connectivity index (χ2n) is 10.2. The third-order valence-corrected chi connectivity index (χ3v) is 7.89. The fraction of sp³-hybridized carbons (Fsp3) is 0.250. The van der Waals surface area contributed by atoms with Crippen LogP contribution in [0.5, 0.6) is 5.75 Å². The van der Waals surface area contributed by atoms with Crippen molar-refractivity contribution in [1.29, 1.82) is 0 Å². The lowest BCUT2D eigenvalue weighted by Crippen LogP contribution is -2.46. The summed E-state index contributed by atoms with van der Waals surface area (Å²) in [5.74, 6) is -5.33. The molecule has 9 nitrogen and oxygen atoms in total. The van der Waals surface area contributed by atoms with Crippen LogP contribution in [0.4, 0.5) is 18.9 Å². The van der Waals surface area contributed by atoms with Gasteiger partial charge in [-0.2, -0.15) is 13.2 Å². The summed E-state index contributed by atoms with van der Waals surface area (Å²) in [5.41, 5.74) is 6.71. The molecule has 0 bridgehead atoms. The summed E-state index contributed by atoms with van der Waals surface area (Å²) in [7, 11) is 3.78. The highest BCUT2D eigenvalue weighted by Gasteiger charge is 2.51. The molecule has 0 unspecified atom stereocenters. The number of benzene rings is 2. The number of esters is 2. The van der Waals surface area contributed by atoms with Crippen molar-refractivity contribution in [3.05, 3.63) is 112 Å². The average Bonchev–Trinajstić information content (AvgIpc) is 3.03. The van der Waals surface area contributed by atoms with Gasteiger partial charge in [0.1, 0.15) is 17.5 Å². The van der Waals surface area contributed by atoms with Crippen LogP contribution < -0.4 is 15.4 Å². The molecular formula is C32H28F3N3O6. The maximum Gasteiger partial charge on any atom is 0.416 e. The number of nitrogens with two attached hydrogens (primary N) is 1. The minimum absolute atomic E-state index is 0.00479. The van der Waals surface area contributed by atoms with Gasteiger partial charge in [-0.05, 0) is 53.9 Å². The van der Waals surface area contributed by atoms with Gasteiger partial charge in [0.05, 0.1) is 38.4 Å². The first-order chi connectivity index (χ1) is 21.0. The predicted molar refractivity (Wildman–Crippen MR) is 152 cm³/mol.